The van der Waals surface area contributed by atoms with Gasteiger partial charge in [-0.25, -0.2) is 0 Å². The lowest BCUT2D eigenvalue weighted by Gasteiger charge is -2.35. The summed E-state index contributed by atoms with van der Waals surface area (Å²) in [5, 5.41) is 21.0. The van der Waals surface area contributed by atoms with Crippen LogP contribution in [-0.2, 0) is 9.47 Å². The molecule has 4 atom stereocenters. The fourth-order valence-electron chi connectivity index (χ4n) is 3.67. The van der Waals surface area contributed by atoms with Gasteiger partial charge in [0.25, 0.3) is 0 Å². The zero-order valence-electron chi connectivity index (χ0n) is 10.4. The number of ether oxygens (including phenoxy) is 2. The Labute approximate surface area is 105 Å². The summed E-state index contributed by atoms with van der Waals surface area (Å²) in [5.74, 6) is -0.0503. The molecule has 4 heteroatoms. The topological polar surface area (TPSA) is 58.9 Å². The molecule has 2 N–H and O–H groups in total. The predicted octanol–water partition coefficient (Wildman–Crippen LogP) is 1.22. The van der Waals surface area contributed by atoms with Crippen molar-refractivity contribution < 1.29 is 19.7 Å². The minimum atomic E-state index is -0.799. The van der Waals surface area contributed by atoms with Crippen molar-refractivity contribution in [2.45, 2.75) is 38.3 Å². The number of hydrogen-bond acceptors (Lipinski definition) is 4. The highest BCUT2D eigenvalue weighted by Crippen LogP contribution is 2.55. The van der Waals surface area contributed by atoms with Crippen LogP contribution in [0, 0.1) is 11.8 Å². The zero-order chi connectivity index (χ0) is 12.7. The molecule has 0 saturated heterocycles. The van der Waals surface area contributed by atoms with Crippen molar-refractivity contribution in [3.05, 3.63) is 34.8 Å². The van der Waals surface area contributed by atoms with Crippen LogP contribution in [0.25, 0.3) is 0 Å². The second kappa shape index (κ2) is 3.00. The van der Waals surface area contributed by atoms with Crippen molar-refractivity contribution >= 4 is 0 Å². The maximum absolute atomic E-state index is 10.5. The number of allylic oxidation sites excluding steroid dienone is 2. The molecule has 2 bridgehead atoms. The Hall–Kier alpha value is -1.26. The van der Waals surface area contributed by atoms with Gasteiger partial charge < -0.3 is 19.7 Å². The molecule has 3 aliphatic carbocycles. The second-order valence-corrected chi connectivity index (χ2v) is 5.93. The normalized spacial score (nSPS) is 42.9. The van der Waals surface area contributed by atoms with Crippen LogP contribution in [0.5, 0.6) is 0 Å². The van der Waals surface area contributed by atoms with Gasteiger partial charge in [-0.05, 0) is 6.42 Å². The maximum Gasteiger partial charge on any atom is 0.245 e. The average molecular weight is 248 g/mol. The van der Waals surface area contributed by atoms with Gasteiger partial charge in [0, 0.05) is 25.7 Å². The Kier molecular flexibility index (Phi) is 1.78. The summed E-state index contributed by atoms with van der Waals surface area (Å²) in [6, 6.07) is 0. The molecule has 4 aliphatic rings. The minimum absolute atomic E-state index is 0.0451. The fraction of sp³-hybridized carbons (Fsp3) is 0.571. The molecule has 18 heavy (non-hydrogen) atoms. The van der Waals surface area contributed by atoms with Crippen molar-refractivity contribution in [2.24, 2.45) is 11.8 Å². The van der Waals surface area contributed by atoms with E-state index in [4.69, 9.17) is 9.47 Å². The van der Waals surface area contributed by atoms with Crippen molar-refractivity contribution in [1.29, 1.82) is 0 Å². The molecule has 0 unspecified atom stereocenters. The smallest absolute Gasteiger partial charge is 0.245 e. The molecule has 0 aromatic heterocycles. The van der Waals surface area contributed by atoms with Gasteiger partial charge in [-0.1, -0.05) is 23.3 Å². The van der Waals surface area contributed by atoms with Gasteiger partial charge in [-0.15, -0.1) is 0 Å². The molecular formula is C14H16O4. The second-order valence-electron chi connectivity index (χ2n) is 5.93. The molecule has 96 valence electrons. The van der Waals surface area contributed by atoms with Crippen LogP contribution in [0.3, 0.4) is 0 Å². The lowest BCUT2D eigenvalue weighted by atomic mass is 9.75. The summed E-state index contributed by atoms with van der Waals surface area (Å²) in [4.78, 5) is 0. The molecule has 1 fully saturated rings. The Balaban J connectivity index is 1.80. The van der Waals surface area contributed by atoms with Crippen molar-refractivity contribution in [1.82, 2.24) is 0 Å². The average Bonchev–Trinajstić information content (AvgIpc) is 2.96. The van der Waals surface area contributed by atoms with E-state index in [1.54, 1.807) is 13.8 Å². The van der Waals surface area contributed by atoms with E-state index >= 15 is 0 Å². The van der Waals surface area contributed by atoms with E-state index in [-0.39, 0.29) is 11.8 Å². The Morgan fingerprint density at radius 3 is 1.89 bits per heavy atom. The van der Waals surface area contributed by atoms with Crippen LogP contribution in [0.2, 0.25) is 0 Å². The molecule has 0 spiro atoms. The van der Waals surface area contributed by atoms with Crippen LogP contribution >= 0.6 is 0 Å². The summed E-state index contributed by atoms with van der Waals surface area (Å²) in [6.45, 7) is 3.57. The molecule has 0 aromatic carbocycles. The highest BCUT2D eigenvalue weighted by Gasteiger charge is 2.56. The molecule has 0 amide bonds. The quantitative estimate of drug-likeness (QED) is 0.676. The largest absolute Gasteiger partial charge is 0.451 e. The minimum Gasteiger partial charge on any atom is -0.451 e. The molecule has 1 saturated carbocycles. The number of rotatable bonds is 0. The van der Waals surface area contributed by atoms with E-state index in [0.29, 0.717) is 11.5 Å². The van der Waals surface area contributed by atoms with E-state index in [2.05, 4.69) is 12.2 Å². The maximum atomic E-state index is 10.5. The molecule has 1 aliphatic heterocycles. The van der Waals surface area contributed by atoms with Crippen molar-refractivity contribution in [2.75, 3.05) is 0 Å². The summed E-state index contributed by atoms with van der Waals surface area (Å²) in [7, 11) is 0. The van der Waals surface area contributed by atoms with Gasteiger partial charge in [0.2, 0.25) is 5.79 Å². The monoisotopic (exact) mass is 248 g/mol. The summed E-state index contributed by atoms with van der Waals surface area (Å²) in [5.41, 5.74) is 2.39. The molecule has 4 nitrogen and oxygen atoms in total. The van der Waals surface area contributed by atoms with E-state index < -0.39 is 18.0 Å². The molecule has 1 heterocycles. The molecular weight excluding hydrogens is 232 g/mol. The van der Waals surface area contributed by atoms with Gasteiger partial charge in [-0.3, -0.25) is 0 Å². The SMILES string of the molecule is CC1(C)OC2=C(O1)[C@H](O)[C@@H]1C3=CC=C(C3)[C@@H]1[C@@H]2O. The van der Waals surface area contributed by atoms with E-state index in [1.807, 2.05) is 0 Å². The summed E-state index contributed by atoms with van der Waals surface area (Å²) in [6.07, 6.45) is 3.57. The third kappa shape index (κ3) is 1.12. The standard InChI is InChI=1S/C14H16O4/c1-14(2)17-12-10(15)8-6-3-4-7(5-6)9(8)11(16)13(12)18-14/h3-4,8-11,15-16H,5H2,1-2H3/t8-,9+,10-,11+. The van der Waals surface area contributed by atoms with Gasteiger partial charge in [0.05, 0.1) is 0 Å². The first kappa shape index (κ1) is 10.6. The lowest BCUT2D eigenvalue weighted by molar-refractivity contribution is -0.134. The Morgan fingerprint density at radius 2 is 1.44 bits per heavy atom. The first-order valence-corrected chi connectivity index (χ1v) is 6.36. The number of fused-ring (bicyclic) bond motifs is 5. The van der Waals surface area contributed by atoms with E-state index in [9.17, 15) is 10.2 Å². The van der Waals surface area contributed by atoms with Crippen LogP contribution in [-0.4, -0.2) is 28.2 Å². The van der Waals surface area contributed by atoms with Crippen LogP contribution < -0.4 is 0 Å². The van der Waals surface area contributed by atoms with E-state index in [0.717, 1.165) is 6.42 Å². The first-order valence-electron chi connectivity index (χ1n) is 6.36. The highest BCUT2D eigenvalue weighted by molar-refractivity contribution is 5.47. The van der Waals surface area contributed by atoms with Crippen LogP contribution in [0.4, 0.5) is 0 Å². The van der Waals surface area contributed by atoms with Crippen molar-refractivity contribution in [3.8, 4) is 0 Å². The first-order chi connectivity index (χ1) is 8.48. The van der Waals surface area contributed by atoms with Crippen LogP contribution in [0.1, 0.15) is 20.3 Å². The zero-order valence-corrected chi connectivity index (χ0v) is 10.4. The van der Waals surface area contributed by atoms with Gasteiger partial charge >= 0.3 is 0 Å². The van der Waals surface area contributed by atoms with E-state index in [1.165, 1.54) is 11.1 Å². The molecule has 0 radical (unpaired) electrons. The fourth-order valence-corrected chi connectivity index (χ4v) is 3.67. The third-order valence-corrected chi connectivity index (χ3v) is 4.33. The number of hydrogen-bond donors (Lipinski definition) is 2. The number of aliphatic hydroxyl groups is 2. The summed E-state index contributed by atoms with van der Waals surface area (Å²) < 4.78 is 11.3. The Morgan fingerprint density at radius 1 is 1.00 bits per heavy atom. The molecule has 0 aromatic rings. The predicted molar refractivity (Wildman–Crippen MR) is 63.1 cm³/mol. The highest BCUT2D eigenvalue weighted by atomic mass is 16.7. The molecule has 4 rings (SSSR count). The van der Waals surface area contributed by atoms with Crippen molar-refractivity contribution in [3.63, 3.8) is 0 Å². The van der Waals surface area contributed by atoms with Gasteiger partial charge in [-0.2, -0.15) is 0 Å². The van der Waals surface area contributed by atoms with Crippen LogP contribution in [0.15, 0.2) is 34.8 Å². The van der Waals surface area contributed by atoms with Gasteiger partial charge in [0.1, 0.15) is 12.2 Å². The Bertz CT molecular complexity index is 482. The van der Waals surface area contributed by atoms with Gasteiger partial charge in [0.15, 0.2) is 11.5 Å². The summed E-state index contributed by atoms with van der Waals surface area (Å²) >= 11 is 0. The lowest BCUT2D eigenvalue weighted by Crippen LogP contribution is -2.41. The third-order valence-electron chi connectivity index (χ3n) is 4.33. The number of aliphatic hydroxyl groups excluding tert-OH is 2.